The Morgan fingerprint density at radius 3 is 1.28 bits per heavy atom. The molecule has 12 aromatic carbocycles. The highest BCUT2D eigenvalue weighted by atomic mass is 16.3. The molecule has 0 atom stereocenters. The first-order chi connectivity index (χ1) is 37.5. The average Bonchev–Trinajstić information content (AvgIpc) is 4.08. The van der Waals surface area contributed by atoms with E-state index < -0.39 is 0 Å². The Morgan fingerprint density at radius 1 is 0.329 bits per heavy atom. The van der Waals surface area contributed by atoms with Crippen LogP contribution in [0.2, 0.25) is 0 Å². The van der Waals surface area contributed by atoms with Crippen LogP contribution in [0, 0.1) is 13.8 Å². The van der Waals surface area contributed by atoms with E-state index in [0.29, 0.717) is 5.92 Å². The van der Waals surface area contributed by atoms with Crippen LogP contribution in [-0.2, 0) is 0 Å². The Morgan fingerprint density at radius 2 is 0.789 bits per heavy atom. The minimum Gasteiger partial charge on any atom is -0.454 e. The molecule has 364 valence electrons. The molecule has 1 aliphatic carbocycles. The predicted molar refractivity (Wildman–Crippen MR) is 320 cm³/mol. The summed E-state index contributed by atoms with van der Waals surface area (Å²) in [6.45, 7) is 4.51. The van der Waals surface area contributed by atoms with Gasteiger partial charge in [-0.3, -0.25) is 0 Å². The normalized spacial score (nSPS) is 13.3. The lowest BCUT2D eigenvalue weighted by Crippen LogP contribution is -2.16. The summed E-state index contributed by atoms with van der Waals surface area (Å²) in [6.07, 6.45) is 6.41. The van der Waals surface area contributed by atoms with Gasteiger partial charge in [0.05, 0.1) is 22.7 Å². The Hall–Kier alpha value is -9.12. The van der Waals surface area contributed by atoms with Crippen molar-refractivity contribution < 1.29 is 8.83 Å². The Balaban J connectivity index is 1.08. The molecule has 0 bridgehead atoms. The fourth-order valence-electron chi connectivity index (χ4n) is 13.0. The third-order valence-corrected chi connectivity index (χ3v) is 16.6. The van der Waals surface area contributed by atoms with Gasteiger partial charge >= 0.3 is 0 Å². The van der Waals surface area contributed by atoms with Crippen molar-refractivity contribution in [2.75, 3.05) is 9.80 Å². The van der Waals surface area contributed by atoms with Gasteiger partial charge in [0.1, 0.15) is 11.2 Å². The lowest BCUT2D eigenvalue weighted by atomic mass is 9.82. The zero-order valence-corrected chi connectivity index (χ0v) is 42.7. The summed E-state index contributed by atoms with van der Waals surface area (Å²) in [7, 11) is 0. The SMILES string of the molecule is Cc1cc(-c2ccccc2)ccc1N(c1cc(N(c2ccc(-c3ccccc3)cc2C)c2cccc3c2oc2ccccc23)c2ccc3cc(C4CCCCC4)cc4ccc1c2c43)c1cccc2c1oc1ccccc12. The number of nitrogens with zero attached hydrogens (tertiary/aromatic N) is 2. The number of hydrogen-bond acceptors (Lipinski definition) is 4. The number of rotatable bonds is 9. The van der Waals surface area contributed by atoms with Crippen molar-refractivity contribution in [1.82, 2.24) is 0 Å². The minimum atomic E-state index is 0.574. The van der Waals surface area contributed by atoms with Crippen molar-refractivity contribution in [3.8, 4) is 22.3 Å². The molecule has 0 spiro atoms. The predicted octanol–water partition coefficient (Wildman–Crippen LogP) is 21.3. The van der Waals surface area contributed by atoms with Crippen LogP contribution in [0.25, 0.3) is 98.4 Å². The van der Waals surface area contributed by atoms with Crippen LogP contribution < -0.4 is 9.80 Å². The zero-order chi connectivity index (χ0) is 50.4. The van der Waals surface area contributed by atoms with Crippen molar-refractivity contribution in [3.05, 3.63) is 241 Å². The number of benzene rings is 12. The van der Waals surface area contributed by atoms with Crippen molar-refractivity contribution in [1.29, 1.82) is 0 Å². The summed E-state index contributed by atoms with van der Waals surface area (Å²) in [6, 6.07) is 82.4. The van der Waals surface area contributed by atoms with E-state index in [9.17, 15) is 0 Å². The molecule has 4 nitrogen and oxygen atoms in total. The third-order valence-electron chi connectivity index (χ3n) is 16.6. The molecule has 4 heteroatoms. The van der Waals surface area contributed by atoms with Gasteiger partial charge in [0, 0.05) is 49.1 Å². The highest BCUT2D eigenvalue weighted by Gasteiger charge is 2.30. The maximum Gasteiger partial charge on any atom is 0.159 e. The second-order valence-corrected chi connectivity index (χ2v) is 21.1. The lowest BCUT2D eigenvalue weighted by molar-refractivity contribution is 0.444. The summed E-state index contributed by atoms with van der Waals surface area (Å²) in [5.41, 5.74) is 18.1. The first-order valence-electron chi connectivity index (χ1n) is 27.0. The largest absolute Gasteiger partial charge is 0.454 e. The van der Waals surface area contributed by atoms with Gasteiger partial charge in [-0.1, -0.05) is 189 Å². The average molecular weight is 979 g/mol. The summed E-state index contributed by atoms with van der Waals surface area (Å²) in [4.78, 5) is 4.98. The van der Waals surface area contributed by atoms with E-state index >= 15 is 0 Å². The van der Waals surface area contributed by atoms with Gasteiger partial charge < -0.3 is 18.6 Å². The number of fused-ring (bicyclic) bond motifs is 6. The zero-order valence-electron chi connectivity index (χ0n) is 42.7. The fourth-order valence-corrected chi connectivity index (χ4v) is 13.0. The highest BCUT2D eigenvalue weighted by molar-refractivity contribution is 6.30. The van der Waals surface area contributed by atoms with Gasteiger partial charge in [0.25, 0.3) is 0 Å². The van der Waals surface area contributed by atoms with Crippen molar-refractivity contribution >= 4 is 110 Å². The smallest absolute Gasteiger partial charge is 0.159 e. The number of aryl methyl sites for hydroxylation is 2. The molecule has 0 radical (unpaired) electrons. The van der Waals surface area contributed by atoms with Gasteiger partial charge in [-0.05, 0) is 142 Å². The van der Waals surface area contributed by atoms with E-state index in [1.165, 1.54) is 92.2 Å². The van der Waals surface area contributed by atoms with Crippen LogP contribution in [0.4, 0.5) is 34.1 Å². The topological polar surface area (TPSA) is 32.8 Å². The van der Waals surface area contributed by atoms with Gasteiger partial charge in [-0.25, -0.2) is 0 Å². The number of anilines is 6. The molecule has 2 aromatic heterocycles. The summed E-state index contributed by atoms with van der Waals surface area (Å²) < 4.78 is 14.1. The highest BCUT2D eigenvalue weighted by Crippen LogP contribution is 2.54. The molecule has 2 heterocycles. The van der Waals surface area contributed by atoms with E-state index in [-0.39, 0.29) is 0 Å². The van der Waals surface area contributed by atoms with E-state index in [1.54, 1.807) is 0 Å². The van der Waals surface area contributed by atoms with Crippen LogP contribution in [0.1, 0.15) is 54.7 Å². The fraction of sp³-hybridized carbons (Fsp3) is 0.111. The molecule has 1 aliphatic rings. The molecule has 0 amide bonds. The molecule has 0 unspecified atom stereocenters. The van der Waals surface area contributed by atoms with Crippen molar-refractivity contribution in [3.63, 3.8) is 0 Å². The molecule has 0 saturated heterocycles. The molecule has 0 aliphatic heterocycles. The number of furan rings is 2. The Bertz CT molecular complexity index is 4270. The molecule has 1 fully saturated rings. The molecule has 1 saturated carbocycles. The van der Waals surface area contributed by atoms with Gasteiger partial charge in [0.15, 0.2) is 11.2 Å². The van der Waals surface area contributed by atoms with Gasteiger partial charge in [-0.2, -0.15) is 0 Å². The minimum absolute atomic E-state index is 0.574. The second-order valence-electron chi connectivity index (χ2n) is 21.1. The van der Waals surface area contributed by atoms with Crippen LogP contribution in [-0.4, -0.2) is 0 Å². The van der Waals surface area contributed by atoms with Crippen LogP contribution in [0.5, 0.6) is 0 Å². The Labute approximate surface area is 442 Å². The molecule has 0 N–H and O–H groups in total. The van der Waals surface area contributed by atoms with Crippen LogP contribution in [0.15, 0.2) is 233 Å². The van der Waals surface area contributed by atoms with E-state index in [0.717, 1.165) is 89.1 Å². The summed E-state index contributed by atoms with van der Waals surface area (Å²) in [5, 5.41) is 11.8. The molecular weight excluding hydrogens is 925 g/mol. The molecule has 15 rings (SSSR count). The van der Waals surface area contributed by atoms with Crippen molar-refractivity contribution in [2.45, 2.75) is 51.9 Å². The second kappa shape index (κ2) is 17.8. The van der Waals surface area contributed by atoms with Crippen molar-refractivity contribution in [2.24, 2.45) is 0 Å². The lowest BCUT2D eigenvalue weighted by Gasteiger charge is -2.33. The first kappa shape index (κ1) is 44.4. The van der Waals surface area contributed by atoms with Crippen LogP contribution >= 0.6 is 0 Å². The van der Waals surface area contributed by atoms with E-state index in [2.05, 4.69) is 248 Å². The third kappa shape index (κ3) is 7.12. The molecular formula is C72H54N2O2. The maximum absolute atomic E-state index is 7.03. The summed E-state index contributed by atoms with van der Waals surface area (Å²) in [5.74, 6) is 0.574. The standard InChI is InChI=1S/C72H54N2O2/c1-45-40-50(47-18-6-3-7-19-47)34-38-61(45)73(63-28-16-26-57-55-24-12-14-30-67(55)75-71(57)63)65-44-66(60-37-33-53-43-54(49-22-10-5-11-23-49)42-52-32-36-59(65)70(60)69(52)53)74(62-39-35-51(41-46(62)2)48-20-8-4-9-21-48)64-29-17-27-58-56-25-13-15-31-68(56)76-72(58)64/h3-4,6-9,12-21,24-44,49H,5,10-11,22-23H2,1-2H3. The Kier molecular flexibility index (Phi) is 10.4. The van der Waals surface area contributed by atoms with E-state index in [1.807, 2.05) is 0 Å². The van der Waals surface area contributed by atoms with Gasteiger partial charge in [0.2, 0.25) is 0 Å². The first-order valence-corrected chi connectivity index (χ1v) is 27.0. The van der Waals surface area contributed by atoms with Gasteiger partial charge in [-0.15, -0.1) is 0 Å². The molecule has 14 aromatic rings. The quantitative estimate of drug-likeness (QED) is 0.135. The summed E-state index contributed by atoms with van der Waals surface area (Å²) >= 11 is 0. The number of para-hydroxylation sites is 4. The van der Waals surface area contributed by atoms with Crippen LogP contribution in [0.3, 0.4) is 0 Å². The molecule has 76 heavy (non-hydrogen) atoms. The number of hydrogen-bond donors (Lipinski definition) is 0. The monoisotopic (exact) mass is 978 g/mol. The maximum atomic E-state index is 7.03. The van der Waals surface area contributed by atoms with E-state index in [4.69, 9.17) is 8.83 Å².